The van der Waals surface area contributed by atoms with E-state index in [0.29, 0.717) is 24.3 Å². The van der Waals surface area contributed by atoms with Crippen molar-refractivity contribution < 1.29 is 9.53 Å². The van der Waals surface area contributed by atoms with E-state index < -0.39 is 0 Å². The van der Waals surface area contributed by atoms with E-state index in [-0.39, 0.29) is 11.3 Å². The average Bonchev–Trinajstić information content (AvgIpc) is 3.52. The van der Waals surface area contributed by atoms with Gasteiger partial charge in [0.1, 0.15) is 5.82 Å². The summed E-state index contributed by atoms with van der Waals surface area (Å²) >= 11 is 0. The zero-order valence-electron chi connectivity index (χ0n) is 20.2. The fourth-order valence-electron chi connectivity index (χ4n) is 4.39. The minimum absolute atomic E-state index is 0.0814. The van der Waals surface area contributed by atoms with Gasteiger partial charge in [-0.1, -0.05) is 12.1 Å². The van der Waals surface area contributed by atoms with Gasteiger partial charge in [-0.2, -0.15) is 0 Å². The van der Waals surface area contributed by atoms with Crippen LogP contribution in [-0.2, 0) is 6.42 Å². The van der Waals surface area contributed by atoms with Crippen LogP contribution in [0.15, 0.2) is 65.7 Å². The normalized spacial score (nSPS) is 11.2. The molecule has 0 atom stereocenters. The lowest BCUT2D eigenvalue weighted by Gasteiger charge is -2.10. The molecule has 0 unspecified atom stereocenters. The molecule has 0 bridgehead atoms. The van der Waals surface area contributed by atoms with Gasteiger partial charge in [-0.05, 0) is 73.7 Å². The number of aryl methyl sites for hydroxylation is 2. The fraction of sp³-hybridized carbons (Fsp3) is 0.214. The van der Waals surface area contributed by atoms with Crippen LogP contribution >= 0.6 is 0 Å². The van der Waals surface area contributed by atoms with Crippen LogP contribution in [0.1, 0.15) is 40.7 Å². The molecule has 0 radical (unpaired) electrons. The van der Waals surface area contributed by atoms with E-state index >= 15 is 0 Å². The van der Waals surface area contributed by atoms with Gasteiger partial charge in [0, 0.05) is 41.1 Å². The van der Waals surface area contributed by atoms with E-state index in [0.717, 1.165) is 57.5 Å². The molecule has 0 saturated carbocycles. The summed E-state index contributed by atoms with van der Waals surface area (Å²) in [4.78, 5) is 36.8. The summed E-state index contributed by atoms with van der Waals surface area (Å²) < 4.78 is 5.44. The molecule has 0 saturated heterocycles. The molecule has 5 aromatic rings. The lowest BCUT2D eigenvalue weighted by atomic mass is 10.00. The van der Waals surface area contributed by atoms with E-state index in [1.165, 1.54) is 0 Å². The Morgan fingerprint density at radius 1 is 1.06 bits per heavy atom. The molecular formula is C28H27N5O3. The van der Waals surface area contributed by atoms with Crippen molar-refractivity contribution in [1.82, 2.24) is 25.1 Å². The number of ether oxygens (including phenoxy) is 1. The molecule has 3 heterocycles. The quantitative estimate of drug-likeness (QED) is 0.197. The third-order valence-corrected chi connectivity index (χ3v) is 6.40. The van der Waals surface area contributed by atoms with Crippen LogP contribution in [0, 0.1) is 6.92 Å². The third kappa shape index (κ3) is 4.70. The number of nitrogens with zero attached hydrogens (tertiary/aromatic N) is 2. The van der Waals surface area contributed by atoms with E-state index in [1.54, 1.807) is 19.5 Å². The van der Waals surface area contributed by atoms with Gasteiger partial charge in [-0.3, -0.25) is 14.7 Å². The highest BCUT2D eigenvalue weighted by atomic mass is 16.5. The molecule has 2 aromatic carbocycles. The number of H-pyrrole nitrogens is 3. The number of nitrogens with one attached hydrogen (secondary N) is 3. The standard InChI is InChI=1S/C28H27N5O3/c1-17-9-10-18(21-7-5-13-29-28(21)36-2)14-22(17)26-31-23-12-11-19(15-24(23)32-26)25(34)8-4-3-6-20-16-30-33-27(20)35/h5,7,9-16H,3-4,6,8H2,1-2H3,(H,31,32)(H2,30,33,35). The van der Waals surface area contributed by atoms with Gasteiger partial charge in [-0.15, -0.1) is 0 Å². The number of imidazole rings is 1. The van der Waals surface area contributed by atoms with Gasteiger partial charge in [-0.25, -0.2) is 9.97 Å². The Labute approximate surface area is 207 Å². The van der Waals surface area contributed by atoms with Gasteiger partial charge >= 0.3 is 0 Å². The van der Waals surface area contributed by atoms with Crippen LogP contribution < -0.4 is 10.3 Å². The summed E-state index contributed by atoms with van der Waals surface area (Å²) in [5, 5.41) is 5.23. The highest BCUT2D eigenvalue weighted by molar-refractivity contribution is 5.99. The summed E-state index contributed by atoms with van der Waals surface area (Å²) in [6.07, 6.45) is 5.97. The van der Waals surface area contributed by atoms with Crippen molar-refractivity contribution in [2.45, 2.75) is 32.6 Å². The molecule has 36 heavy (non-hydrogen) atoms. The maximum Gasteiger partial charge on any atom is 0.267 e. The van der Waals surface area contributed by atoms with Gasteiger partial charge in [0.25, 0.3) is 5.56 Å². The number of ketones is 1. The lowest BCUT2D eigenvalue weighted by molar-refractivity contribution is 0.0979. The molecule has 0 aliphatic rings. The molecule has 0 aliphatic carbocycles. The van der Waals surface area contributed by atoms with E-state index in [1.807, 2.05) is 43.3 Å². The highest BCUT2D eigenvalue weighted by Gasteiger charge is 2.14. The second-order valence-electron chi connectivity index (χ2n) is 8.81. The van der Waals surface area contributed by atoms with Crippen molar-refractivity contribution in [3.63, 3.8) is 0 Å². The topological polar surface area (TPSA) is 117 Å². The molecule has 8 nitrogen and oxygen atoms in total. The summed E-state index contributed by atoms with van der Waals surface area (Å²) in [6, 6.07) is 15.6. The largest absolute Gasteiger partial charge is 0.481 e. The van der Waals surface area contributed by atoms with Crippen LogP contribution in [0.5, 0.6) is 5.88 Å². The van der Waals surface area contributed by atoms with Crippen molar-refractivity contribution >= 4 is 16.8 Å². The Morgan fingerprint density at radius 3 is 2.75 bits per heavy atom. The van der Waals surface area contributed by atoms with E-state index in [9.17, 15) is 9.59 Å². The first-order chi connectivity index (χ1) is 17.5. The van der Waals surface area contributed by atoms with Crippen molar-refractivity contribution in [3.8, 4) is 28.4 Å². The number of aromatic amines is 3. The summed E-state index contributed by atoms with van der Waals surface area (Å²) in [7, 11) is 1.61. The monoisotopic (exact) mass is 481 g/mol. The second kappa shape index (κ2) is 10.0. The van der Waals surface area contributed by atoms with Crippen molar-refractivity contribution in [2.75, 3.05) is 7.11 Å². The fourth-order valence-corrected chi connectivity index (χ4v) is 4.39. The zero-order chi connectivity index (χ0) is 25.1. The Kier molecular flexibility index (Phi) is 6.49. The van der Waals surface area contributed by atoms with E-state index in [4.69, 9.17) is 9.72 Å². The Morgan fingerprint density at radius 2 is 1.94 bits per heavy atom. The molecular weight excluding hydrogens is 454 g/mol. The second-order valence-corrected chi connectivity index (χ2v) is 8.81. The number of carbonyl (C=O) groups is 1. The maximum atomic E-state index is 12.8. The number of rotatable bonds is 9. The first kappa shape index (κ1) is 23.3. The first-order valence-corrected chi connectivity index (χ1v) is 11.9. The molecule has 0 aliphatic heterocycles. The van der Waals surface area contributed by atoms with Crippen LogP contribution in [0.4, 0.5) is 0 Å². The number of aromatic nitrogens is 5. The van der Waals surface area contributed by atoms with Crippen molar-refractivity contribution in [2.24, 2.45) is 0 Å². The van der Waals surface area contributed by atoms with Crippen LogP contribution in [0.3, 0.4) is 0 Å². The number of hydrogen-bond donors (Lipinski definition) is 3. The number of Topliss-reactive ketones (excluding diaryl/α,β-unsaturated/α-hetero) is 1. The number of benzene rings is 2. The number of methoxy groups -OCH3 is 1. The Hall–Kier alpha value is -4.46. The first-order valence-electron chi connectivity index (χ1n) is 11.9. The minimum atomic E-state index is -0.0952. The summed E-state index contributed by atoms with van der Waals surface area (Å²) in [5.41, 5.74) is 6.85. The predicted molar refractivity (Wildman–Crippen MR) is 139 cm³/mol. The van der Waals surface area contributed by atoms with Gasteiger partial charge in [0.15, 0.2) is 5.78 Å². The average molecular weight is 482 g/mol. The van der Waals surface area contributed by atoms with Gasteiger partial charge < -0.3 is 14.8 Å². The molecule has 0 spiro atoms. The van der Waals surface area contributed by atoms with E-state index in [2.05, 4.69) is 32.3 Å². The summed E-state index contributed by atoms with van der Waals surface area (Å²) in [6.45, 7) is 2.04. The maximum absolute atomic E-state index is 12.8. The zero-order valence-corrected chi connectivity index (χ0v) is 20.2. The number of fused-ring (bicyclic) bond motifs is 1. The SMILES string of the molecule is COc1ncccc1-c1ccc(C)c(-c2nc3ccc(C(=O)CCCCc4c[nH][nH]c4=O)cc3[nH]2)c1. The van der Waals surface area contributed by atoms with Crippen LogP contribution in [0.25, 0.3) is 33.5 Å². The predicted octanol–water partition coefficient (Wildman–Crippen LogP) is 5.22. The minimum Gasteiger partial charge on any atom is -0.481 e. The van der Waals surface area contributed by atoms with Gasteiger partial charge in [0.2, 0.25) is 5.88 Å². The molecule has 8 heteroatoms. The molecule has 0 fully saturated rings. The number of unbranched alkanes of at least 4 members (excludes halogenated alkanes) is 1. The van der Waals surface area contributed by atoms with Crippen LogP contribution in [-0.4, -0.2) is 38.0 Å². The number of hydrogen-bond acceptors (Lipinski definition) is 5. The van der Waals surface area contributed by atoms with Crippen molar-refractivity contribution in [1.29, 1.82) is 0 Å². The molecule has 5 rings (SSSR count). The Balaban J connectivity index is 1.34. The smallest absolute Gasteiger partial charge is 0.267 e. The Bertz CT molecular complexity index is 1590. The van der Waals surface area contributed by atoms with Gasteiger partial charge in [0.05, 0.1) is 18.1 Å². The molecule has 182 valence electrons. The molecule has 3 N–H and O–H groups in total. The third-order valence-electron chi connectivity index (χ3n) is 6.40. The molecule has 0 amide bonds. The number of pyridine rings is 1. The van der Waals surface area contributed by atoms with Crippen LogP contribution in [0.2, 0.25) is 0 Å². The summed E-state index contributed by atoms with van der Waals surface area (Å²) in [5.74, 6) is 1.39. The highest BCUT2D eigenvalue weighted by Crippen LogP contribution is 2.33. The number of carbonyl (C=O) groups excluding carboxylic acids is 1. The van der Waals surface area contributed by atoms with Crippen molar-refractivity contribution in [3.05, 3.63) is 88.0 Å². The molecule has 3 aromatic heterocycles. The lowest BCUT2D eigenvalue weighted by Crippen LogP contribution is -2.05.